The maximum Gasteiger partial charge on any atom is 0.119 e. The third-order valence-electron chi connectivity index (χ3n) is 2.22. The van der Waals surface area contributed by atoms with Gasteiger partial charge in [-0.15, -0.1) is 0 Å². The first-order chi connectivity index (χ1) is 6.29. The highest BCUT2D eigenvalue weighted by atomic mass is 16.5. The summed E-state index contributed by atoms with van der Waals surface area (Å²) in [6.07, 6.45) is 2.19. The molecule has 1 aliphatic rings. The first kappa shape index (κ1) is 8.17. The van der Waals surface area contributed by atoms with Gasteiger partial charge in [0.25, 0.3) is 0 Å². The summed E-state index contributed by atoms with van der Waals surface area (Å²) < 4.78 is 5.16. The van der Waals surface area contributed by atoms with Crippen LogP contribution in [0, 0.1) is 0 Å². The van der Waals surface area contributed by atoms with E-state index in [1.807, 2.05) is 12.1 Å². The summed E-state index contributed by atoms with van der Waals surface area (Å²) in [5, 5.41) is 3.34. The summed E-state index contributed by atoms with van der Waals surface area (Å²) >= 11 is 0. The molecule has 1 aromatic carbocycles. The number of nitrogens with one attached hydrogen (secondary N) is 1. The normalized spacial score (nSPS) is 14.2. The molecule has 0 aromatic heterocycles. The highest BCUT2D eigenvalue weighted by Crippen LogP contribution is 2.27. The number of rotatable bonds is 1. The van der Waals surface area contributed by atoms with Crippen molar-refractivity contribution in [1.29, 1.82) is 0 Å². The van der Waals surface area contributed by atoms with Crippen LogP contribution in [0.4, 0.5) is 5.69 Å². The van der Waals surface area contributed by atoms with Crippen LogP contribution in [0.25, 0.3) is 6.08 Å². The van der Waals surface area contributed by atoms with E-state index in [9.17, 15) is 0 Å². The van der Waals surface area contributed by atoms with E-state index in [2.05, 4.69) is 24.4 Å². The number of ether oxygens (including phenoxy) is 1. The molecule has 0 fully saturated rings. The van der Waals surface area contributed by atoms with Crippen LogP contribution in [0.1, 0.15) is 12.5 Å². The second-order valence-corrected chi connectivity index (χ2v) is 3.30. The molecule has 0 unspecified atom stereocenters. The van der Waals surface area contributed by atoms with Gasteiger partial charge in [0.05, 0.1) is 7.11 Å². The highest BCUT2D eigenvalue weighted by Gasteiger charge is 2.06. The van der Waals surface area contributed by atoms with Crippen molar-refractivity contribution in [2.45, 2.75) is 6.92 Å². The molecule has 1 heterocycles. The Hall–Kier alpha value is -1.44. The minimum atomic E-state index is 0.909. The number of hydrogen-bond donors (Lipinski definition) is 1. The van der Waals surface area contributed by atoms with E-state index < -0.39 is 0 Å². The average molecular weight is 175 g/mol. The summed E-state index contributed by atoms with van der Waals surface area (Å²) in [5.74, 6) is 0.909. The molecule has 1 aliphatic heterocycles. The lowest BCUT2D eigenvalue weighted by Gasteiger charge is -2.16. The largest absolute Gasteiger partial charge is 0.497 e. The summed E-state index contributed by atoms with van der Waals surface area (Å²) in [5.41, 5.74) is 3.75. The summed E-state index contributed by atoms with van der Waals surface area (Å²) in [6.45, 7) is 3.06. The first-order valence-corrected chi connectivity index (χ1v) is 4.38. The standard InChI is InChI=1S/C11H13NO/c1-8-5-9-6-10(13-2)3-4-11(9)12-7-8/h3-6,12H,7H2,1-2H3. The molecule has 68 valence electrons. The van der Waals surface area contributed by atoms with Gasteiger partial charge in [0, 0.05) is 17.8 Å². The van der Waals surface area contributed by atoms with Crippen LogP contribution >= 0.6 is 0 Å². The van der Waals surface area contributed by atoms with Crippen LogP contribution in [-0.4, -0.2) is 13.7 Å². The molecule has 2 nitrogen and oxygen atoms in total. The van der Waals surface area contributed by atoms with Gasteiger partial charge in [0.2, 0.25) is 0 Å². The second kappa shape index (κ2) is 3.13. The minimum absolute atomic E-state index is 0.909. The van der Waals surface area contributed by atoms with E-state index in [-0.39, 0.29) is 0 Å². The van der Waals surface area contributed by atoms with Gasteiger partial charge in [0.1, 0.15) is 5.75 Å². The Kier molecular flexibility index (Phi) is 1.97. The molecular weight excluding hydrogens is 162 g/mol. The zero-order valence-electron chi connectivity index (χ0n) is 7.92. The van der Waals surface area contributed by atoms with Gasteiger partial charge in [-0.3, -0.25) is 0 Å². The van der Waals surface area contributed by atoms with E-state index in [0.29, 0.717) is 0 Å². The van der Waals surface area contributed by atoms with Crippen molar-refractivity contribution < 1.29 is 4.74 Å². The van der Waals surface area contributed by atoms with Crippen molar-refractivity contribution in [3.05, 3.63) is 29.3 Å². The van der Waals surface area contributed by atoms with Crippen LogP contribution < -0.4 is 10.1 Å². The molecule has 0 bridgehead atoms. The molecule has 1 N–H and O–H groups in total. The van der Waals surface area contributed by atoms with Crippen molar-refractivity contribution in [3.63, 3.8) is 0 Å². The maximum absolute atomic E-state index is 5.16. The van der Waals surface area contributed by atoms with E-state index in [1.54, 1.807) is 7.11 Å². The van der Waals surface area contributed by atoms with Gasteiger partial charge >= 0.3 is 0 Å². The van der Waals surface area contributed by atoms with E-state index >= 15 is 0 Å². The predicted molar refractivity (Wildman–Crippen MR) is 55.1 cm³/mol. The lowest BCUT2D eigenvalue weighted by Crippen LogP contribution is -2.08. The Bertz CT molecular complexity index is 355. The third-order valence-corrected chi connectivity index (χ3v) is 2.22. The van der Waals surface area contributed by atoms with Crippen LogP contribution in [-0.2, 0) is 0 Å². The number of methoxy groups -OCH3 is 1. The summed E-state index contributed by atoms with van der Waals surface area (Å²) in [7, 11) is 1.69. The van der Waals surface area contributed by atoms with Crippen LogP contribution in [0.2, 0.25) is 0 Å². The monoisotopic (exact) mass is 175 g/mol. The minimum Gasteiger partial charge on any atom is -0.497 e. The van der Waals surface area contributed by atoms with Gasteiger partial charge in [-0.2, -0.15) is 0 Å². The fourth-order valence-corrected chi connectivity index (χ4v) is 1.50. The summed E-state index contributed by atoms with van der Waals surface area (Å²) in [4.78, 5) is 0. The van der Waals surface area contributed by atoms with Crippen molar-refractivity contribution in [3.8, 4) is 5.75 Å². The van der Waals surface area contributed by atoms with Crippen molar-refractivity contribution >= 4 is 11.8 Å². The first-order valence-electron chi connectivity index (χ1n) is 4.38. The van der Waals surface area contributed by atoms with Crippen molar-refractivity contribution in [2.24, 2.45) is 0 Å². The van der Waals surface area contributed by atoms with Gasteiger partial charge in [0.15, 0.2) is 0 Å². The molecule has 0 spiro atoms. The molecule has 2 rings (SSSR count). The van der Waals surface area contributed by atoms with E-state index in [1.165, 1.54) is 16.8 Å². The quantitative estimate of drug-likeness (QED) is 0.708. The molecule has 0 saturated heterocycles. The SMILES string of the molecule is COc1ccc2c(c1)C=C(C)CN2. The number of anilines is 1. The molecule has 0 saturated carbocycles. The number of benzene rings is 1. The Morgan fingerprint density at radius 3 is 3.00 bits per heavy atom. The van der Waals surface area contributed by atoms with Crippen molar-refractivity contribution in [1.82, 2.24) is 0 Å². The molecule has 13 heavy (non-hydrogen) atoms. The van der Waals surface area contributed by atoms with Crippen LogP contribution in [0.5, 0.6) is 5.75 Å². The van der Waals surface area contributed by atoms with Crippen LogP contribution in [0.15, 0.2) is 23.8 Å². The van der Waals surface area contributed by atoms with E-state index in [4.69, 9.17) is 4.74 Å². The maximum atomic E-state index is 5.16. The smallest absolute Gasteiger partial charge is 0.119 e. The highest BCUT2D eigenvalue weighted by molar-refractivity contribution is 5.73. The fraction of sp³-hybridized carbons (Fsp3) is 0.273. The Balaban J connectivity index is 2.45. The van der Waals surface area contributed by atoms with Gasteiger partial charge in [-0.05, 0) is 25.1 Å². The molecule has 0 aliphatic carbocycles. The predicted octanol–water partition coefficient (Wildman–Crippen LogP) is 2.52. The Labute approximate surface area is 78.2 Å². The Morgan fingerprint density at radius 1 is 1.38 bits per heavy atom. The molecule has 0 amide bonds. The molecular formula is C11H13NO. The zero-order chi connectivity index (χ0) is 9.26. The van der Waals surface area contributed by atoms with Crippen LogP contribution in [0.3, 0.4) is 0 Å². The third kappa shape index (κ3) is 1.52. The lowest BCUT2D eigenvalue weighted by atomic mass is 10.1. The molecule has 0 atom stereocenters. The van der Waals surface area contributed by atoms with Gasteiger partial charge in [-0.1, -0.05) is 11.6 Å². The summed E-state index contributed by atoms with van der Waals surface area (Å²) in [6, 6.07) is 6.07. The van der Waals surface area contributed by atoms with Crippen molar-refractivity contribution in [2.75, 3.05) is 19.0 Å². The second-order valence-electron chi connectivity index (χ2n) is 3.30. The molecule has 1 aromatic rings. The lowest BCUT2D eigenvalue weighted by molar-refractivity contribution is 0.415. The molecule has 0 radical (unpaired) electrons. The zero-order valence-corrected chi connectivity index (χ0v) is 7.92. The number of hydrogen-bond acceptors (Lipinski definition) is 2. The molecule has 2 heteroatoms. The van der Waals surface area contributed by atoms with E-state index in [0.717, 1.165) is 12.3 Å². The topological polar surface area (TPSA) is 21.3 Å². The number of fused-ring (bicyclic) bond motifs is 1. The average Bonchev–Trinajstić information content (AvgIpc) is 2.16. The van der Waals surface area contributed by atoms with Gasteiger partial charge < -0.3 is 10.1 Å². The Morgan fingerprint density at radius 2 is 2.23 bits per heavy atom. The van der Waals surface area contributed by atoms with Gasteiger partial charge in [-0.25, -0.2) is 0 Å². The fourth-order valence-electron chi connectivity index (χ4n) is 1.50.